The molecule has 2 aliphatic rings. The number of likely N-dealkylation sites (tertiary alicyclic amines) is 2. The Hall–Kier alpha value is -3.06. The van der Waals surface area contributed by atoms with Crippen molar-refractivity contribution >= 4 is 0 Å². The maximum Gasteiger partial charge on any atom is 0.119 e. The zero-order chi connectivity index (χ0) is 31.4. The highest BCUT2D eigenvalue weighted by atomic mass is 16.5. The molecule has 0 spiro atoms. The highest BCUT2D eigenvalue weighted by molar-refractivity contribution is 5.27. The van der Waals surface area contributed by atoms with E-state index in [1.165, 1.54) is 75.0 Å². The molecule has 6 nitrogen and oxygen atoms in total. The van der Waals surface area contributed by atoms with Crippen LogP contribution in [0.1, 0.15) is 48.8 Å². The van der Waals surface area contributed by atoms with Crippen molar-refractivity contribution < 1.29 is 14.2 Å². The van der Waals surface area contributed by atoms with Crippen LogP contribution in [0.25, 0.3) is 0 Å². The Labute approximate surface area is 267 Å². The standard InChI is InChI=1S/C14H21NO.C13H19NO.C11H17NO/c1-13-5-7-14(8-6-13)16-12-11-15-9-3-2-4-10-15;1-12-4-6-13(7-5-12)15-11-10-14-8-2-3-9-14;1-10-4-6-11(7-5-10)13-9-8-12(2)3/h5-8H,2-4,9-12H2,1H3;4-7H,2-3,8-11H2,1H3;4-7H,8-9H2,1-3H3. The van der Waals surface area contributed by atoms with Crippen molar-refractivity contribution in [3.05, 3.63) is 89.5 Å². The first-order chi connectivity index (χ1) is 21.4. The van der Waals surface area contributed by atoms with E-state index in [2.05, 4.69) is 71.9 Å². The molecule has 5 rings (SSSR count). The van der Waals surface area contributed by atoms with Gasteiger partial charge in [-0.1, -0.05) is 59.5 Å². The number of rotatable bonds is 12. The van der Waals surface area contributed by atoms with Gasteiger partial charge in [-0.25, -0.2) is 0 Å². The van der Waals surface area contributed by atoms with Gasteiger partial charge in [-0.2, -0.15) is 0 Å². The van der Waals surface area contributed by atoms with Gasteiger partial charge in [0, 0.05) is 19.6 Å². The second kappa shape index (κ2) is 20.8. The zero-order valence-electron chi connectivity index (χ0n) is 28.1. The summed E-state index contributed by atoms with van der Waals surface area (Å²) in [6.07, 6.45) is 6.81. The summed E-state index contributed by atoms with van der Waals surface area (Å²) in [6.45, 7) is 16.7. The fourth-order valence-electron chi connectivity index (χ4n) is 5.02. The van der Waals surface area contributed by atoms with Crippen LogP contribution in [-0.4, -0.2) is 94.4 Å². The zero-order valence-corrected chi connectivity index (χ0v) is 28.1. The smallest absolute Gasteiger partial charge is 0.119 e. The molecule has 2 heterocycles. The van der Waals surface area contributed by atoms with Crippen molar-refractivity contribution in [3.63, 3.8) is 0 Å². The minimum Gasteiger partial charge on any atom is -0.492 e. The average Bonchev–Trinajstić information content (AvgIpc) is 3.55. The monoisotopic (exact) mass is 603 g/mol. The summed E-state index contributed by atoms with van der Waals surface area (Å²) >= 11 is 0. The van der Waals surface area contributed by atoms with Crippen LogP contribution in [0.5, 0.6) is 17.2 Å². The van der Waals surface area contributed by atoms with Crippen LogP contribution in [0.3, 0.4) is 0 Å². The van der Waals surface area contributed by atoms with Gasteiger partial charge in [0.15, 0.2) is 0 Å². The second-order valence-corrected chi connectivity index (χ2v) is 12.2. The molecular formula is C38H57N3O3. The Balaban J connectivity index is 0.000000181. The molecule has 0 unspecified atom stereocenters. The van der Waals surface area contributed by atoms with Gasteiger partial charge >= 0.3 is 0 Å². The Morgan fingerprint density at radius 2 is 0.795 bits per heavy atom. The molecule has 3 aromatic rings. The molecule has 2 aliphatic heterocycles. The Kier molecular flexibility index (Phi) is 16.8. The fourth-order valence-corrected chi connectivity index (χ4v) is 5.02. The quantitative estimate of drug-likeness (QED) is 0.217. The molecule has 3 aromatic carbocycles. The van der Waals surface area contributed by atoms with Crippen LogP contribution in [0.15, 0.2) is 72.8 Å². The van der Waals surface area contributed by atoms with E-state index in [9.17, 15) is 0 Å². The molecular weight excluding hydrogens is 546 g/mol. The number of likely N-dealkylation sites (N-methyl/N-ethyl adjacent to an activating group) is 1. The van der Waals surface area contributed by atoms with Crippen LogP contribution in [0, 0.1) is 20.8 Å². The van der Waals surface area contributed by atoms with Crippen molar-refractivity contribution in [2.75, 3.05) is 79.7 Å². The van der Waals surface area contributed by atoms with Crippen molar-refractivity contribution in [2.45, 2.75) is 52.9 Å². The van der Waals surface area contributed by atoms with E-state index in [1.54, 1.807) is 0 Å². The molecule has 0 bridgehead atoms. The molecule has 0 atom stereocenters. The van der Waals surface area contributed by atoms with E-state index in [0.29, 0.717) is 0 Å². The minimum atomic E-state index is 0.746. The molecule has 2 fully saturated rings. The van der Waals surface area contributed by atoms with E-state index in [4.69, 9.17) is 14.2 Å². The molecule has 0 N–H and O–H groups in total. The number of hydrogen-bond donors (Lipinski definition) is 0. The number of aryl methyl sites for hydroxylation is 3. The van der Waals surface area contributed by atoms with Gasteiger partial charge < -0.3 is 19.1 Å². The predicted molar refractivity (Wildman–Crippen MR) is 185 cm³/mol. The van der Waals surface area contributed by atoms with E-state index in [-0.39, 0.29) is 0 Å². The first kappa shape index (κ1) is 35.4. The highest BCUT2D eigenvalue weighted by Crippen LogP contribution is 2.14. The van der Waals surface area contributed by atoms with Crippen molar-refractivity contribution in [2.24, 2.45) is 0 Å². The van der Waals surface area contributed by atoms with Crippen molar-refractivity contribution in [1.29, 1.82) is 0 Å². The number of hydrogen-bond acceptors (Lipinski definition) is 6. The van der Waals surface area contributed by atoms with Crippen molar-refractivity contribution in [3.8, 4) is 17.2 Å². The summed E-state index contributed by atoms with van der Waals surface area (Å²) in [5.41, 5.74) is 3.82. The van der Waals surface area contributed by atoms with Gasteiger partial charge in [-0.3, -0.25) is 9.80 Å². The van der Waals surface area contributed by atoms with Gasteiger partial charge in [0.05, 0.1) is 0 Å². The first-order valence-corrected chi connectivity index (χ1v) is 16.6. The number of piperidine rings is 1. The average molecular weight is 604 g/mol. The van der Waals surface area contributed by atoms with Gasteiger partial charge in [0.2, 0.25) is 0 Å². The summed E-state index contributed by atoms with van der Waals surface area (Å²) in [6, 6.07) is 24.7. The van der Waals surface area contributed by atoms with E-state index < -0.39 is 0 Å². The topological polar surface area (TPSA) is 37.4 Å². The van der Waals surface area contributed by atoms with E-state index >= 15 is 0 Å². The maximum atomic E-state index is 5.72. The lowest BCUT2D eigenvalue weighted by Gasteiger charge is -2.26. The number of benzene rings is 3. The van der Waals surface area contributed by atoms with Crippen LogP contribution in [-0.2, 0) is 0 Å². The Morgan fingerprint density at radius 3 is 1.14 bits per heavy atom. The summed E-state index contributed by atoms with van der Waals surface area (Å²) in [5.74, 6) is 2.93. The van der Waals surface area contributed by atoms with Crippen LogP contribution < -0.4 is 14.2 Å². The van der Waals surface area contributed by atoms with Crippen LogP contribution in [0.4, 0.5) is 0 Å². The SMILES string of the molecule is Cc1ccc(OCCN(C)C)cc1.Cc1ccc(OCCN2CCCC2)cc1.Cc1ccc(OCCN2CCCCC2)cc1. The van der Waals surface area contributed by atoms with E-state index in [0.717, 1.165) is 56.7 Å². The third kappa shape index (κ3) is 15.6. The van der Waals surface area contributed by atoms with Gasteiger partial charge in [-0.15, -0.1) is 0 Å². The third-order valence-electron chi connectivity index (χ3n) is 7.87. The van der Waals surface area contributed by atoms with E-state index in [1.807, 2.05) is 50.5 Å². The molecule has 242 valence electrons. The maximum absolute atomic E-state index is 5.72. The van der Waals surface area contributed by atoms with Gasteiger partial charge in [-0.05, 0) is 123 Å². The second-order valence-electron chi connectivity index (χ2n) is 12.2. The van der Waals surface area contributed by atoms with Crippen LogP contribution >= 0.6 is 0 Å². The lowest BCUT2D eigenvalue weighted by Crippen LogP contribution is -2.33. The summed E-state index contributed by atoms with van der Waals surface area (Å²) in [4.78, 5) is 7.07. The predicted octanol–water partition coefficient (Wildman–Crippen LogP) is 7.26. The molecule has 0 amide bonds. The summed E-state index contributed by atoms with van der Waals surface area (Å²) in [7, 11) is 4.08. The van der Waals surface area contributed by atoms with Gasteiger partial charge in [0.1, 0.15) is 37.1 Å². The molecule has 0 aliphatic carbocycles. The highest BCUT2D eigenvalue weighted by Gasteiger charge is 2.11. The third-order valence-corrected chi connectivity index (χ3v) is 7.87. The number of nitrogens with zero attached hydrogens (tertiary/aromatic N) is 3. The molecule has 0 aromatic heterocycles. The molecule has 2 saturated heterocycles. The lowest BCUT2D eigenvalue weighted by atomic mass is 10.1. The largest absolute Gasteiger partial charge is 0.492 e. The number of ether oxygens (including phenoxy) is 3. The summed E-state index contributed by atoms with van der Waals surface area (Å²) in [5, 5.41) is 0. The summed E-state index contributed by atoms with van der Waals surface area (Å²) < 4.78 is 16.9. The molecule has 6 heteroatoms. The minimum absolute atomic E-state index is 0.746. The van der Waals surface area contributed by atoms with Crippen LogP contribution in [0.2, 0.25) is 0 Å². The Bertz CT molecular complexity index is 1120. The molecule has 44 heavy (non-hydrogen) atoms. The fraction of sp³-hybridized carbons (Fsp3) is 0.526. The van der Waals surface area contributed by atoms with Gasteiger partial charge in [0.25, 0.3) is 0 Å². The molecule has 0 radical (unpaired) electrons. The Morgan fingerprint density at radius 1 is 0.477 bits per heavy atom. The lowest BCUT2D eigenvalue weighted by molar-refractivity contribution is 0.183. The first-order valence-electron chi connectivity index (χ1n) is 16.6. The normalized spacial score (nSPS) is 15.1. The molecule has 0 saturated carbocycles. The van der Waals surface area contributed by atoms with Crippen molar-refractivity contribution in [1.82, 2.24) is 14.7 Å².